The lowest BCUT2D eigenvalue weighted by atomic mass is 10.0. The van der Waals surface area contributed by atoms with Gasteiger partial charge in [-0.2, -0.15) is 18.3 Å². The molecular weight excluding hydrogens is 317 g/mol. The third kappa shape index (κ3) is 2.99. The number of benzene rings is 1. The highest BCUT2D eigenvalue weighted by Crippen LogP contribution is 2.33. The molecule has 0 fully saturated rings. The number of rotatable bonds is 3. The molecule has 0 unspecified atom stereocenters. The van der Waals surface area contributed by atoms with Crippen molar-refractivity contribution in [2.75, 3.05) is 14.1 Å². The van der Waals surface area contributed by atoms with E-state index in [2.05, 4.69) is 10.1 Å². The average Bonchev–Trinajstić information content (AvgIpc) is 2.82. The Bertz CT molecular complexity index is 864. The van der Waals surface area contributed by atoms with Crippen molar-refractivity contribution < 1.29 is 13.2 Å². The molecule has 0 bridgehead atoms. The predicted molar refractivity (Wildman–Crippen MR) is 85.6 cm³/mol. The molecule has 2 aromatic heterocycles. The van der Waals surface area contributed by atoms with E-state index in [4.69, 9.17) is 0 Å². The Morgan fingerprint density at radius 1 is 1.08 bits per heavy atom. The van der Waals surface area contributed by atoms with E-state index >= 15 is 0 Å². The molecule has 0 aliphatic carbocycles. The topological polar surface area (TPSA) is 33.4 Å². The fraction of sp³-hybridized carbons (Fsp3) is 0.294. The Labute approximate surface area is 137 Å². The SMILES string of the molecule is Cc1nn2c(C(F)(F)F)ccnc2c1-c1ccc(CN(C)C)cc1. The molecule has 0 N–H and O–H groups in total. The van der Waals surface area contributed by atoms with E-state index in [1.165, 1.54) is 6.20 Å². The number of aryl methyl sites for hydroxylation is 1. The fourth-order valence-corrected chi connectivity index (χ4v) is 2.75. The maximum Gasteiger partial charge on any atom is 0.433 e. The number of aromatic nitrogens is 3. The van der Waals surface area contributed by atoms with Gasteiger partial charge in [0.05, 0.1) is 5.69 Å². The number of alkyl halides is 3. The van der Waals surface area contributed by atoms with Gasteiger partial charge in [-0.05, 0) is 38.2 Å². The van der Waals surface area contributed by atoms with Crippen molar-refractivity contribution in [2.45, 2.75) is 19.6 Å². The fourth-order valence-electron chi connectivity index (χ4n) is 2.75. The van der Waals surface area contributed by atoms with E-state index in [0.717, 1.165) is 28.3 Å². The molecule has 2 heterocycles. The lowest BCUT2D eigenvalue weighted by molar-refractivity contribution is -0.142. The Morgan fingerprint density at radius 3 is 2.33 bits per heavy atom. The monoisotopic (exact) mass is 334 g/mol. The standard InChI is InChI=1S/C17H17F3N4/c1-11-15(13-6-4-12(5-7-13)10-23(2)3)16-21-9-8-14(17(18,19)20)24(16)22-11/h4-9H,10H2,1-3H3. The zero-order valence-electron chi connectivity index (χ0n) is 13.6. The normalized spacial score (nSPS) is 12.3. The first-order chi connectivity index (χ1) is 11.3. The molecule has 4 nitrogen and oxygen atoms in total. The van der Waals surface area contributed by atoms with Gasteiger partial charge in [-0.25, -0.2) is 9.50 Å². The summed E-state index contributed by atoms with van der Waals surface area (Å²) in [4.78, 5) is 6.16. The van der Waals surface area contributed by atoms with Gasteiger partial charge in [-0.15, -0.1) is 0 Å². The van der Waals surface area contributed by atoms with Crippen LogP contribution in [0.25, 0.3) is 16.8 Å². The number of hydrogen-bond acceptors (Lipinski definition) is 3. The molecule has 0 aliphatic rings. The van der Waals surface area contributed by atoms with E-state index in [1.54, 1.807) is 6.92 Å². The van der Waals surface area contributed by atoms with Gasteiger partial charge in [-0.1, -0.05) is 24.3 Å². The lowest BCUT2D eigenvalue weighted by Crippen LogP contribution is -2.12. The van der Waals surface area contributed by atoms with E-state index in [0.29, 0.717) is 11.3 Å². The molecule has 126 valence electrons. The third-order valence-electron chi connectivity index (χ3n) is 3.73. The number of hydrogen-bond donors (Lipinski definition) is 0. The Balaban J connectivity index is 2.12. The first-order valence-corrected chi connectivity index (χ1v) is 7.43. The lowest BCUT2D eigenvalue weighted by Gasteiger charge is -2.10. The van der Waals surface area contributed by atoms with Crippen LogP contribution in [0.4, 0.5) is 13.2 Å². The Kier molecular flexibility index (Phi) is 4.04. The van der Waals surface area contributed by atoms with Gasteiger partial charge in [0.1, 0.15) is 5.69 Å². The molecule has 0 aliphatic heterocycles. The van der Waals surface area contributed by atoms with Crippen molar-refractivity contribution in [2.24, 2.45) is 0 Å². The van der Waals surface area contributed by atoms with Gasteiger partial charge in [0.25, 0.3) is 0 Å². The summed E-state index contributed by atoms with van der Waals surface area (Å²) in [5.74, 6) is 0. The molecule has 3 aromatic rings. The van der Waals surface area contributed by atoms with Crippen molar-refractivity contribution in [3.05, 3.63) is 53.5 Å². The van der Waals surface area contributed by atoms with Crippen LogP contribution in [-0.2, 0) is 12.7 Å². The van der Waals surface area contributed by atoms with Crippen LogP contribution in [0, 0.1) is 6.92 Å². The summed E-state index contributed by atoms with van der Waals surface area (Å²) in [5, 5.41) is 4.05. The van der Waals surface area contributed by atoms with Crippen molar-refractivity contribution in [3.63, 3.8) is 0 Å². The van der Waals surface area contributed by atoms with E-state index < -0.39 is 11.9 Å². The number of halogens is 3. The summed E-state index contributed by atoms with van der Waals surface area (Å²) in [6, 6.07) is 8.65. The molecular formula is C17H17F3N4. The summed E-state index contributed by atoms with van der Waals surface area (Å²) in [5.41, 5.74) is 2.45. The summed E-state index contributed by atoms with van der Waals surface area (Å²) >= 11 is 0. The van der Waals surface area contributed by atoms with Gasteiger partial charge in [-0.3, -0.25) is 0 Å². The molecule has 24 heavy (non-hydrogen) atoms. The third-order valence-corrected chi connectivity index (χ3v) is 3.73. The largest absolute Gasteiger partial charge is 0.433 e. The molecule has 1 aromatic carbocycles. The Morgan fingerprint density at radius 2 is 1.75 bits per heavy atom. The van der Waals surface area contributed by atoms with Gasteiger partial charge in [0.15, 0.2) is 5.65 Å². The van der Waals surface area contributed by atoms with Gasteiger partial charge >= 0.3 is 6.18 Å². The highest BCUT2D eigenvalue weighted by Gasteiger charge is 2.35. The summed E-state index contributed by atoms with van der Waals surface area (Å²) in [6.45, 7) is 2.49. The van der Waals surface area contributed by atoms with Crippen LogP contribution in [0.2, 0.25) is 0 Å². The molecule has 3 rings (SSSR count). The van der Waals surface area contributed by atoms with E-state index in [-0.39, 0.29) is 5.65 Å². The molecule has 0 atom stereocenters. The molecule has 0 radical (unpaired) electrons. The smallest absolute Gasteiger partial charge is 0.305 e. The van der Waals surface area contributed by atoms with Gasteiger partial charge < -0.3 is 4.90 Å². The highest BCUT2D eigenvalue weighted by atomic mass is 19.4. The maximum atomic E-state index is 13.1. The van der Waals surface area contributed by atoms with Crippen LogP contribution < -0.4 is 0 Å². The van der Waals surface area contributed by atoms with Crippen LogP contribution in [0.5, 0.6) is 0 Å². The zero-order chi connectivity index (χ0) is 17.5. The second kappa shape index (κ2) is 5.90. The molecule has 0 amide bonds. The first-order valence-electron chi connectivity index (χ1n) is 7.43. The molecule has 0 saturated carbocycles. The van der Waals surface area contributed by atoms with Crippen LogP contribution in [0.1, 0.15) is 17.0 Å². The minimum atomic E-state index is -4.48. The van der Waals surface area contributed by atoms with Gasteiger partial charge in [0, 0.05) is 18.3 Å². The van der Waals surface area contributed by atoms with E-state index in [1.807, 2.05) is 43.3 Å². The average molecular weight is 334 g/mol. The molecule has 0 saturated heterocycles. The number of nitrogens with zero attached hydrogens (tertiary/aromatic N) is 4. The van der Waals surface area contributed by atoms with Crippen molar-refractivity contribution >= 4 is 5.65 Å². The highest BCUT2D eigenvalue weighted by molar-refractivity contribution is 5.80. The van der Waals surface area contributed by atoms with Crippen molar-refractivity contribution in [1.82, 2.24) is 19.5 Å². The zero-order valence-corrected chi connectivity index (χ0v) is 13.6. The van der Waals surface area contributed by atoms with Crippen LogP contribution in [0.15, 0.2) is 36.5 Å². The van der Waals surface area contributed by atoms with Crippen molar-refractivity contribution in [3.8, 4) is 11.1 Å². The second-order valence-electron chi connectivity index (χ2n) is 5.96. The van der Waals surface area contributed by atoms with Crippen molar-refractivity contribution in [1.29, 1.82) is 0 Å². The Hall–Kier alpha value is -2.41. The minimum absolute atomic E-state index is 0.211. The van der Waals surface area contributed by atoms with Crippen LogP contribution in [-0.4, -0.2) is 33.6 Å². The predicted octanol–water partition coefficient (Wildman–Crippen LogP) is 3.79. The minimum Gasteiger partial charge on any atom is -0.305 e. The number of fused-ring (bicyclic) bond motifs is 1. The van der Waals surface area contributed by atoms with Gasteiger partial charge in [0.2, 0.25) is 0 Å². The second-order valence-corrected chi connectivity index (χ2v) is 5.96. The summed E-state index contributed by atoms with van der Waals surface area (Å²) in [6.07, 6.45) is -3.31. The summed E-state index contributed by atoms with van der Waals surface area (Å²) < 4.78 is 40.3. The quantitative estimate of drug-likeness (QED) is 0.731. The first kappa shape index (κ1) is 16.4. The van der Waals surface area contributed by atoms with Crippen LogP contribution in [0.3, 0.4) is 0 Å². The molecule has 0 spiro atoms. The maximum absolute atomic E-state index is 13.1. The molecule has 7 heteroatoms. The summed E-state index contributed by atoms with van der Waals surface area (Å²) in [7, 11) is 3.96. The van der Waals surface area contributed by atoms with Crippen LogP contribution >= 0.6 is 0 Å². The van der Waals surface area contributed by atoms with E-state index in [9.17, 15) is 13.2 Å².